The minimum absolute atomic E-state index is 0.0394. The number of hydrogen-bond donors (Lipinski definition) is 2. The van der Waals surface area contributed by atoms with E-state index in [1.54, 1.807) is 20.8 Å². The summed E-state index contributed by atoms with van der Waals surface area (Å²) in [7, 11) is 1.15. The number of fused-ring (bicyclic) bond motifs is 7. The minimum atomic E-state index is -2.27. The molecule has 2 N–H and O–H groups in total. The van der Waals surface area contributed by atoms with Crippen molar-refractivity contribution in [3.05, 3.63) is 23.8 Å². The normalized spacial score (nSPS) is 51.6. The predicted molar refractivity (Wildman–Crippen MR) is 115 cm³/mol. The summed E-state index contributed by atoms with van der Waals surface area (Å²) in [4.78, 5) is 24.5. The minimum Gasteiger partial charge on any atom is -0.467 e. The summed E-state index contributed by atoms with van der Waals surface area (Å²) in [5.41, 5.74) is -6.50. The van der Waals surface area contributed by atoms with Gasteiger partial charge in [-0.25, -0.2) is 13.6 Å². The molecule has 1 saturated heterocycles. The van der Waals surface area contributed by atoms with Crippen LogP contribution in [0, 0.1) is 22.7 Å². The van der Waals surface area contributed by atoms with Crippen molar-refractivity contribution in [3.8, 4) is 0 Å². The zero-order valence-corrected chi connectivity index (χ0v) is 20.0. The second-order valence-electron chi connectivity index (χ2n) is 11.4. The third kappa shape index (κ3) is 2.59. The maximum Gasteiger partial charge on any atom is 0.337 e. The lowest BCUT2D eigenvalue weighted by Crippen LogP contribution is -2.71. The Kier molecular flexibility index (Phi) is 4.92. The molecular formula is C25H32F2O7. The molecule has 1 unspecified atom stereocenters. The Morgan fingerprint density at radius 2 is 1.91 bits per heavy atom. The molecular weight excluding hydrogens is 450 g/mol. The molecule has 188 valence electrons. The number of aliphatic hydroxyl groups is 2. The predicted octanol–water partition coefficient (Wildman–Crippen LogP) is 2.34. The van der Waals surface area contributed by atoms with Gasteiger partial charge in [-0.1, -0.05) is 13.0 Å². The van der Waals surface area contributed by atoms with Gasteiger partial charge in [0.15, 0.2) is 23.3 Å². The van der Waals surface area contributed by atoms with Crippen LogP contribution in [0.3, 0.4) is 0 Å². The fourth-order valence-corrected chi connectivity index (χ4v) is 8.13. The number of esters is 1. The summed E-state index contributed by atoms with van der Waals surface area (Å²) in [6.07, 6.45) is -2.15. The van der Waals surface area contributed by atoms with Gasteiger partial charge in [-0.3, -0.25) is 4.79 Å². The molecule has 0 spiro atoms. The van der Waals surface area contributed by atoms with Crippen molar-refractivity contribution in [2.45, 2.75) is 88.5 Å². The SMILES string of the molecule is COC(=O)C(O)[C@@]12OC(C)(C)O[C@@H]1C[C@H]1[C@@H]3C[C@H](F)C4=CC(=O)C=C[C@]4(C)[C@@]3(F)[C@@H](O)C[C@@]12C. The number of halogens is 2. The molecule has 0 aromatic rings. The van der Waals surface area contributed by atoms with E-state index in [4.69, 9.17) is 14.2 Å². The van der Waals surface area contributed by atoms with E-state index in [1.165, 1.54) is 19.1 Å². The molecule has 0 aromatic carbocycles. The first-order chi connectivity index (χ1) is 15.7. The molecule has 10 atom stereocenters. The summed E-state index contributed by atoms with van der Waals surface area (Å²) in [5, 5.41) is 22.6. The topological polar surface area (TPSA) is 102 Å². The van der Waals surface area contributed by atoms with Crippen LogP contribution in [-0.2, 0) is 23.8 Å². The second-order valence-corrected chi connectivity index (χ2v) is 11.4. The molecule has 3 saturated carbocycles. The van der Waals surface area contributed by atoms with E-state index in [2.05, 4.69) is 0 Å². The van der Waals surface area contributed by atoms with Crippen molar-refractivity contribution in [2.75, 3.05) is 7.11 Å². The first-order valence-electron chi connectivity index (χ1n) is 11.8. The quantitative estimate of drug-likeness (QED) is 0.583. The average molecular weight is 483 g/mol. The van der Waals surface area contributed by atoms with Gasteiger partial charge in [0.2, 0.25) is 0 Å². The number of alkyl halides is 2. The Labute approximate surface area is 197 Å². The van der Waals surface area contributed by atoms with Crippen LogP contribution in [0.5, 0.6) is 0 Å². The van der Waals surface area contributed by atoms with Crippen LogP contribution in [0.25, 0.3) is 0 Å². The molecule has 0 bridgehead atoms. The highest BCUT2D eigenvalue weighted by atomic mass is 19.1. The van der Waals surface area contributed by atoms with E-state index in [0.29, 0.717) is 0 Å². The van der Waals surface area contributed by atoms with Gasteiger partial charge in [0.25, 0.3) is 0 Å². The third-order valence-electron chi connectivity index (χ3n) is 9.53. The summed E-state index contributed by atoms with van der Waals surface area (Å²) >= 11 is 0. The molecule has 0 aromatic heterocycles. The summed E-state index contributed by atoms with van der Waals surface area (Å²) in [5.74, 6) is -4.03. The zero-order chi connectivity index (χ0) is 25.1. The van der Waals surface area contributed by atoms with E-state index in [1.807, 2.05) is 0 Å². The van der Waals surface area contributed by atoms with Gasteiger partial charge >= 0.3 is 5.97 Å². The van der Waals surface area contributed by atoms with Crippen LogP contribution in [0.2, 0.25) is 0 Å². The fourth-order valence-electron chi connectivity index (χ4n) is 8.13. The Bertz CT molecular complexity index is 1010. The number of methoxy groups -OCH3 is 1. The van der Waals surface area contributed by atoms with Gasteiger partial charge < -0.3 is 24.4 Å². The highest BCUT2D eigenvalue weighted by Crippen LogP contribution is 2.73. The van der Waals surface area contributed by atoms with Crippen molar-refractivity contribution in [1.82, 2.24) is 0 Å². The van der Waals surface area contributed by atoms with Crippen LogP contribution in [0.4, 0.5) is 8.78 Å². The van der Waals surface area contributed by atoms with Crippen molar-refractivity contribution in [1.29, 1.82) is 0 Å². The van der Waals surface area contributed by atoms with Crippen LogP contribution >= 0.6 is 0 Å². The fraction of sp³-hybridized carbons (Fsp3) is 0.760. The van der Waals surface area contributed by atoms with Gasteiger partial charge in [0.1, 0.15) is 11.8 Å². The van der Waals surface area contributed by atoms with E-state index in [-0.39, 0.29) is 24.8 Å². The molecule has 0 radical (unpaired) electrons. The molecule has 9 heteroatoms. The lowest BCUT2D eigenvalue weighted by molar-refractivity contribution is -0.269. The van der Waals surface area contributed by atoms with Gasteiger partial charge in [-0.2, -0.15) is 0 Å². The summed E-state index contributed by atoms with van der Waals surface area (Å²) in [6.45, 7) is 6.60. The maximum atomic E-state index is 17.3. The third-order valence-corrected chi connectivity index (χ3v) is 9.53. The number of hydrogen-bond acceptors (Lipinski definition) is 7. The summed E-state index contributed by atoms with van der Waals surface area (Å²) < 4.78 is 50.0. The van der Waals surface area contributed by atoms with Crippen molar-refractivity contribution >= 4 is 11.8 Å². The van der Waals surface area contributed by atoms with Crippen LogP contribution in [-0.4, -0.2) is 70.6 Å². The molecule has 5 aliphatic rings. The Morgan fingerprint density at radius 3 is 2.56 bits per heavy atom. The van der Waals surface area contributed by atoms with Crippen LogP contribution in [0.1, 0.15) is 47.0 Å². The highest BCUT2D eigenvalue weighted by molar-refractivity contribution is 6.01. The first-order valence-corrected chi connectivity index (χ1v) is 11.8. The Morgan fingerprint density at radius 1 is 1.24 bits per heavy atom. The number of rotatable bonds is 2. The lowest BCUT2D eigenvalue weighted by Gasteiger charge is -2.63. The molecule has 5 rings (SSSR count). The number of ketones is 1. The molecule has 0 amide bonds. The number of carbonyl (C=O) groups is 2. The Hall–Kier alpha value is -1.68. The smallest absolute Gasteiger partial charge is 0.337 e. The standard InChI is InChI=1S/C25H32F2O7/c1-21(2)33-18-10-13-14-9-16(26)15-8-12(28)6-7-22(15,3)24(14,27)17(29)11-23(13,4)25(18,34-21)19(30)20(31)32-5/h6-8,13-14,16-19,29-30H,9-11H2,1-5H3/t13-,14-,16-,17-,18+,19?,22-,23-,24-,25-/m0/s1. The molecule has 7 nitrogen and oxygen atoms in total. The van der Waals surface area contributed by atoms with Gasteiger partial charge in [0, 0.05) is 16.7 Å². The molecule has 4 fully saturated rings. The van der Waals surface area contributed by atoms with E-state index in [0.717, 1.165) is 13.2 Å². The van der Waals surface area contributed by atoms with Crippen molar-refractivity contribution < 1.29 is 42.8 Å². The molecule has 4 aliphatic carbocycles. The average Bonchev–Trinajstić information content (AvgIpc) is 3.16. The second kappa shape index (κ2) is 6.96. The van der Waals surface area contributed by atoms with Gasteiger partial charge in [-0.15, -0.1) is 0 Å². The van der Waals surface area contributed by atoms with Crippen LogP contribution < -0.4 is 0 Å². The van der Waals surface area contributed by atoms with Crippen molar-refractivity contribution in [2.24, 2.45) is 22.7 Å². The molecule has 1 heterocycles. The van der Waals surface area contributed by atoms with Crippen molar-refractivity contribution in [3.63, 3.8) is 0 Å². The van der Waals surface area contributed by atoms with E-state index in [9.17, 15) is 19.8 Å². The van der Waals surface area contributed by atoms with Gasteiger partial charge in [0.05, 0.1) is 19.3 Å². The maximum absolute atomic E-state index is 17.3. The number of carbonyl (C=O) groups excluding carboxylic acids is 2. The number of aliphatic hydroxyl groups excluding tert-OH is 2. The summed E-state index contributed by atoms with van der Waals surface area (Å²) in [6, 6.07) is 0. The molecule has 34 heavy (non-hydrogen) atoms. The van der Waals surface area contributed by atoms with Crippen LogP contribution in [0.15, 0.2) is 23.8 Å². The van der Waals surface area contributed by atoms with E-state index < -0.39 is 76.0 Å². The first kappa shape index (κ1) is 24.0. The van der Waals surface area contributed by atoms with Gasteiger partial charge in [-0.05, 0) is 63.7 Å². The Balaban J connectivity index is 1.66. The zero-order valence-electron chi connectivity index (χ0n) is 20.0. The lowest BCUT2D eigenvalue weighted by atomic mass is 9.44. The largest absolute Gasteiger partial charge is 0.467 e. The van der Waals surface area contributed by atoms with E-state index >= 15 is 8.78 Å². The highest BCUT2D eigenvalue weighted by Gasteiger charge is 2.81. The molecule has 1 aliphatic heterocycles. The number of allylic oxidation sites excluding steroid dienone is 4. The monoisotopic (exact) mass is 482 g/mol. The number of ether oxygens (including phenoxy) is 3.